The molecular weight excluding hydrogens is 174 g/mol. The first-order valence-corrected chi connectivity index (χ1v) is 5.69. The zero-order valence-electron chi connectivity index (χ0n) is 9.14. The smallest absolute Gasteiger partial charge is 0.127 e. The minimum atomic E-state index is 0.974. The number of anilines is 1. The zero-order valence-corrected chi connectivity index (χ0v) is 9.14. The molecule has 0 aromatic carbocycles. The Morgan fingerprint density at radius 2 is 2.29 bits per heavy atom. The fourth-order valence-electron chi connectivity index (χ4n) is 2.09. The molecule has 1 aromatic heterocycles. The van der Waals surface area contributed by atoms with E-state index in [0.717, 1.165) is 25.9 Å². The van der Waals surface area contributed by atoms with E-state index in [2.05, 4.69) is 28.9 Å². The lowest BCUT2D eigenvalue weighted by Gasteiger charge is -2.01. The molecule has 0 bridgehead atoms. The standard InChI is InChI=1S/C11H19N3/c1-3-5-6-10-9-7-8-12-11(9)14(4-2)13-10/h12H,3-8H2,1-2H3. The normalized spacial score (nSPS) is 14.1. The second-order valence-corrected chi connectivity index (χ2v) is 3.87. The van der Waals surface area contributed by atoms with Crippen LogP contribution in [0, 0.1) is 0 Å². The summed E-state index contributed by atoms with van der Waals surface area (Å²) in [5.74, 6) is 1.28. The number of aryl methyl sites for hydroxylation is 2. The minimum absolute atomic E-state index is 0.974. The van der Waals surface area contributed by atoms with Crippen molar-refractivity contribution >= 4 is 5.82 Å². The van der Waals surface area contributed by atoms with E-state index in [1.54, 1.807) is 0 Å². The molecule has 0 amide bonds. The summed E-state index contributed by atoms with van der Waals surface area (Å²) >= 11 is 0. The first-order valence-electron chi connectivity index (χ1n) is 5.69. The summed E-state index contributed by atoms with van der Waals surface area (Å²) in [6.45, 7) is 6.44. The maximum Gasteiger partial charge on any atom is 0.127 e. The van der Waals surface area contributed by atoms with E-state index >= 15 is 0 Å². The monoisotopic (exact) mass is 193 g/mol. The average Bonchev–Trinajstić information content (AvgIpc) is 2.76. The topological polar surface area (TPSA) is 29.9 Å². The fraction of sp³-hybridized carbons (Fsp3) is 0.727. The molecule has 1 aliphatic heterocycles. The first kappa shape index (κ1) is 9.56. The van der Waals surface area contributed by atoms with E-state index in [1.807, 2.05) is 0 Å². The molecule has 2 rings (SSSR count). The average molecular weight is 193 g/mol. The summed E-state index contributed by atoms with van der Waals surface area (Å²) in [6.07, 6.45) is 4.82. The second-order valence-electron chi connectivity index (χ2n) is 3.87. The van der Waals surface area contributed by atoms with E-state index < -0.39 is 0 Å². The number of hydrogen-bond donors (Lipinski definition) is 1. The van der Waals surface area contributed by atoms with Crippen LogP contribution in [-0.4, -0.2) is 16.3 Å². The molecule has 1 aromatic rings. The molecule has 14 heavy (non-hydrogen) atoms. The third-order valence-corrected chi connectivity index (χ3v) is 2.87. The molecule has 1 N–H and O–H groups in total. The van der Waals surface area contributed by atoms with E-state index in [-0.39, 0.29) is 0 Å². The summed E-state index contributed by atoms with van der Waals surface area (Å²) in [5, 5.41) is 8.06. The van der Waals surface area contributed by atoms with Gasteiger partial charge in [-0.1, -0.05) is 13.3 Å². The number of hydrogen-bond acceptors (Lipinski definition) is 2. The van der Waals surface area contributed by atoms with Gasteiger partial charge in [-0.25, -0.2) is 4.68 Å². The lowest BCUT2D eigenvalue weighted by atomic mass is 10.1. The highest BCUT2D eigenvalue weighted by molar-refractivity contribution is 5.52. The van der Waals surface area contributed by atoms with Crippen molar-refractivity contribution in [3.05, 3.63) is 11.3 Å². The quantitative estimate of drug-likeness (QED) is 0.794. The summed E-state index contributed by atoms with van der Waals surface area (Å²) in [5.41, 5.74) is 2.80. The Hall–Kier alpha value is -0.990. The second kappa shape index (κ2) is 4.03. The van der Waals surface area contributed by atoms with Gasteiger partial charge in [0, 0.05) is 18.7 Å². The predicted molar refractivity (Wildman–Crippen MR) is 58.7 cm³/mol. The van der Waals surface area contributed by atoms with Gasteiger partial charge < -0.3 is 5.32 Å². The van der Waals surface area contributed by atoms with Crippen LogP contribution in [0.4, 0.5) is 5.82 Å². The van der Waals surface area contributed by atoms with Crippen molar-refractivity contribution in [3.63, 3.8) is 0 Å². The predicted octanol–water partition coefficient (Wildman–Crippen LogP) is 2.21. The summed E-state index contributed by atoms with van der Waals surface area (Å²) in [7, 11) is 0. The highest BCUT2D eigenvalue weighted by atomic mass is 15.3. The number of unbranched alkanes of at least 4 members (excludes halogenated alkanes) is 1. The number of nitrogens with one attached hydrogen (secondary N) is 1. The van der Waals surface area contributed by atoms with Crippen LogP contribution in [0.2, 0.25) is 0 Å². The third-order valence-electron chi connectivity index (χ3n) is 2.87. The molecule has 0 aliphatic carbocycles. The van der Waals surface area contributed by atoms with Gasteiger partial charge in [-0.2, -0.15) is 5.10 Å². The number of rotatable bonds is 4. The highest BCUT2D eigenvalue weighted by Crippen LogP contribution is 2.26. The van der Waals surface area contributed by atoms with Gasteiger partial charge in [0.25, 0.3) is 0 Å². The van der Waals surface area contributed by atoms with Crippen molar-refractivity contribution in [2.45, 2.75) is 46.1 Å². The Bertz CT molecular complexity index is 315. The minimum Gasteiger partial charge on any atom is -0.370 e. The van der Waals surface area contributed by atoms with Gasteiger partial charge in [0.1, 0.15) is 5.82 Å². The van der Waals surface area contributed by atoms with Gasteiger partial charge in [-0.3, -0.25) is 0 Å². The molecule has 1 aliphatic rings. The van der Waals surface area contributed by atoms with Crippen molar-refractivity contribution in [1.29, 1.82) is 0 Å². The van der Waals surface area contributed by atoms with Crippen LogP contribution in [0.25, 0.3) is 0 Å². The lowest BCUT2D eigenvalue weighted by molar-refractivity contribution is 0.642. The largest absolute Gasteiger partial charge is 0.370 e. The lowest BCUT2D eigenvalue weighted by Crippen LogP contribution is -2.05. The van der Waals surface area contributed by atoms with E-state index in [4.69, 9.17) is 0 Å². The molecule has 0 atom stereocenters. The molecule has 0 radical (unpaired) electrons. The molecule has 0 saturated heterocycles. The summed E-state index contributed by atoms with van der Waals surface area (Å²) in [4.78, 5) is 0. The Morgan fingerprint density at radius 3 is 3.00 bits per heavy atom. The molecular formula is C11H19N3. The third kappa shape index (κ3) is 1.51. The number of nitrogens with zero attached hydrogens (tertiary/aromatic N) is 2. The van der Waals surface area contributed by atoms with Gasteiger partial charge in [0.15, 0.2) is 0 Å². The van der Waals surface area contributed by atoms with Gasteiger partial charge in [0.05, 0.1) is 5.69 Å². The van der Waals surface area contributed by atoms with Crippen LogP contribution >= 0.6 is 0 Å². The van der Waals surface area contributed by atoms with Crippen molar-refractivity contribution < 1.29 is 0 Å². The SMILES string of the molecule is CCCCc1nn(CC)c2c1CCN2. The van der Waals surface area contributed by atoms with Gasteiger partial charge in [0.2, 0.25) is 0 Å². The van der Waals surface area contributed by atoms with Crippen LogP contribution in [0.15, 0.2) is 0 Å². The van der Waals surface area contributed by atoms with Crippen molar-refractivity contribution in [2.75, 3.05) is 11.9 Å². The first-order chi connectivity index (χ1) is 6.86. The molecule has 0 saturated carbocycles. The number of aromatic nitrogens is 2. The Kier molecular flexibility index (Phi) is 2.75. The van der Waals surface area contributed by atoms with Crippen LogP contribution in [0.1, 0.15) is 37.9 Å². The molecule has 0 spiro atoms. The Morgan fingerprint density at radius 1 is 1.43 bits per heavy atom. The van der Waals surface area contributed by atoms with Crippen molar-refractivity contribution in [1.82, 2.24) is 9.78 Å². The van der Waals surface area contributed by atoms with Crippen molar-refractivity contribution in [2.24, 2.45) is 0 Å². The molecule has 0 fully saturated rings. The molecule has 2 heterocycles. The Labute approximate surface area is 85.5 Å². The van der Waals surface area contributed by atoms with Crippen LogP contribution in [-0.2, 0) is 19.4 Å². The number of fused-ring (bicyclic) bond motifs is 1. The van der Waals surface area contributed by atoms with Crippen LogP contribution in [0.3, 0.4) is 0 Å². The van der Waals surface area contributed by atoms with Crippen molar-refractivity contribution in [3.8, 4) is 0 Å². The summed E-state index contributed by atoms with van der Waals surface area (Å²) in [6, 6.07) is 0. The molecule has 78 valence electrons. The molecule has 0 unspecified atom stereocenters. The maximum absolute atomic E-state index is 4.64. The van der Waals surface area contributed by atoms with E-state index in [9.17, 15) is 0 Å². The van der Waals surface area contributed by atoms with Crippen LogP contribution < -0.4 is 5.32 Å². The zero-order chi connectivity index (χ0) is 9.97. The van der Waals surface area contributed by atoms with E-state index in [0.29, 0.717) is 0 Å². The maximum atomic E-state index is 4.64. The van der Waals surface area contributed by atoms with Crippen LogP contribution in [0.5, 0.6) is 0 Å². The van der Waals surface area contributed by atoms with Gasteiger partial charge in [-0.15, -0.1) is 0 Å². The van der Waals surface area contributed by atoms with Gasteiger partial charge in [-0.05, 0) is 26.2 Å². The highest BCUT2D eigenvalue weighted by Gasteiger charge is 2.20. The fourth-order valence-corrected chi connectivity index (χ4v) is 2.09. The van der Waals surface area contributed by atoms with E-state index in [1.165, 1.54) is 29.9 Å². The molecule has 3 nitrogen and oxygen atoms in total. The van der Waals surface area contributed by atoms with Gasteiger partial charge >= 0.3 is 0 Å². The summed E-state index contributed by atoms with van der Waals surface area (Å²) < 4.78 is 2.10. The Balaban J connectivity index is 2.23. The molecule has 3 heteroatoms.